The van der Waals surface area contributed by atoms with Crippen molar-refractivity contribution in [2.45, 2.75) is 6.42 Å². The van der Waals surface area contributed by atoms with Crippen molar-refractivity contribution in [2.75, 3.05) is 18.8 Å². The largest absolute Gasteiger partial charge is 0.439 e. The van der Waals surface area contributed by atoms with E-state index in [1.165, 1.54) is 0 Å². The van der Waals surface area contributed by atoms with Crippen LogP contribution in [0.5, 0.6) is 17.4 Å². The minimum Gasteiger partial charge on any atom is -0.439 e. The maximum absolute atomic E-state index is 11.9. The summed E-state index contributed by atoms with van der Waals surface area (Å²) in [6.45, 7) is 0.0861. The molecule has 0 unspecified atom stereocenters. The zero-order valence-corrected chi connectivity index (χ0v) is 13.6. The monoisotopic (exact) mass is 348 g/mol. The van der Waals surface area contributed by atoms with Gasteiger partial charge in [0.05, 0.1) is 5.75 Å². The molecule has 0 spiro atoms. The standard InChI is InChI=1S/C16H16N2O5S/c19-16(12-18-10-3-11-24(18,20)21)23-14-7-5-13(6-8-14)22-15-4-1-2-9-17-15/h1-2,4-9H,3,10-12H2. The molecule has 0 radical (unpaired) electrons. The molecule has 126 valence electrons. The van der Waals surface area contributed by atoms with Crippen LogP contribution in [0.3, 0.4) is 0 Å². The second-order valence-corrected chi connectivity index (χ2v) is 7.31. The molecule has 24 heavy (non-hydrogen) atoms. The van der Waals surface area contributed by atoms with Crippen LogP contribution in [0.15, 0.2) is 48.7 Å². The van der Waals surface area contributed by atoms with E-state index in [2.05, 4.69) is 4.98 Å². The quantitative estimate of drug-likeness (QED) is 0.605. The van der Waals surface area contributed by atoms with Gasteiger partial charge in [0.15, 0.2) is 0 Å². The summed E-state index contributed by atoms with van der Waals surface area (Å²) in [5.74, 6) is 0.806. The number of ether oxygens (including phenoxy) is 2. The van der Waals surface area contributed by atoms with E-state index in [9.17, 15) is 13.2 Å². The van der Waals surface area contributed by atoms with Gasteiger partial charge >= 0.3 is 5.97 Å². The van der Waals surface area contributed by atoms with Crippen molar-refractivity contribution < 1.29 is 22.7 Å². The third-order valence-electron chi connectivity index (χ3n) is 3.42. The van der Waals surface area contributed by atoms with Crippen LogP contribution in [0.25, 0.3) is 0 Å². The normalized spacial score (nSPS) is 16.7. The van der Waals surface area contributed by atoms with Gasteiger partial charge in [-0.1, -0.05) is 6.07 Å². The number of esters is 1. The van der Waals surface area contributed by atoms with E-state index in [0.29, 0.717) is 30.3 Å². The van der Waals surface area contributed by atoms with Crippen molar-refractivity contribution in [3.63, 3.8) is 0 Å². The average Bonchev–Trinajstić information content (AvgIpc) is 2.89. The second kappa shape index (κ2) is 6.98. The minimum absolute atomic E-state index is 0.0832. The van der Waals surface area contributed by atoms with Crippen molar-refractivity contribution in [3.05, 3.63) is 48.7 Å². The Morgan fingerprint density at radius 3 is 2.50 bits per heavy atom. The van der Waals surface area contributed by atoms with Gasteiger partial charge in [-0.2, -0.15) is 4.31 Å². The van der Waals surface area contributed by atoms with Crippen molar-refractivity contribution in [2.24, 2.45) is 0 Å². The molecule has 7 nitrogen and oxygen atoms in total. The van der Waals surface area contributed by atoms with Gasteiger partial charge in [-0.15, -0.1) is 0 Å². The Kier molecular flexibility index (Phi) is 4.77. The first kappa shape index (κ1) is 16.4. The van der Waals surface area contributed by atoms with Gasteiger partial charge in [0.1, 0.15) is 18.0 Å². The molecule has 1 saturated heterocycles. The summed E-state index contributed by atoms with van der Waals surface area (Å²) in [5, 5.41) is 0. The smallest absolute Gasteiger partial charge is 0.326 e. The molecule has 0 bridgehead atoms. The summed E-state index contributed by atoms with van der Waals surface area (Å²) in [4.78, 5) is 15.9. The third-order valence-corrected chi connectivity index (χ3v) is 5.33. The van der Waals surface area contributed by atoms with Crippen molar-refractivity contribution in [1.29, 1.82) is 0 Å². The molecule has 0 atom stereocenters. The highest BCUT2D eigenvalue weighted by atomic mass is 32.2. The van der Waals surface area contributed by atoms with Crippen molar-refractivity contribution in [3.8, 4) is 17.4 Å². The first-order valence-electron chi connectivity index (χ1n) is 7.40. The average molecular weight is 348 g/mol. The van der Waals surface area contributed by atoms with Crippen LogP contribution >= 0.6 is 0 Å². The Bertz CT molecular complexity index is 806. The van der Waals surface area contributed by atoms with E-state index in [1.807, 2.05) is 6.07 Å². The van der Waals surface area contributed by atoms with Crippen molar-refractivity contribution in [1.82, 2.24) is 9.29 Å². The van der Waals surface area contributed by atoms with E-state index in [-0.39, 0.29) is 12.3 Å². The highest BCUT2D eigenvalue weighted by Crippen LogP contribution is 2.22. The molecule has 0 N–H and O–H groups in total. The Morgan fingerprint density at radius 2 is 1.88 bits per heavy atom. The van der Waals surface area contributed by atoms with Gasteiger partial charge < -0.3 is 9.47 Å². The van der Waals surface area contributed by atoms with Crippen LogP contribution in [0.2, 0.25) is 0 Å². The van der Waals surface area contributed by atoms with Gasteiger partial charge in [0.25, 0.3) is 0 Å². The second-order valence-electron chi connectivity index (χ2n) is 5.22. The van der Waals surface area contributed by atoms with Gasteiger partial charge in [-0.3, -0.25) is 4.79 Å². The maximum atomic E-state index is 11.9. The molecular weight excluding hydrogens is 332 g/mol. The Labute approximate surface area is 139 Å². The van der Waals surface area contributed by atoms with Gasteiger partial charge in [-0.05, 0) is 36.8 Å². The first-order valence-corrected chi connectivity index (χ1v) is 9.01. The van der Waals surface area contributed by atoms with Crippen LogP contribution in [0.4, 0.5) is 0 Å². The molecule has 2 aromatic rings. The number of hydrogen-bond donors (Lipinski definition) is 0. The van der Waals surface area contributed by atoms with Crippen LogP contribution in [-0.2, 0) is 14.8 Å². The highest BCUT2D eigenvalue weighted by Gasteiger charge is 2.30. The number of benzene rings is 1. The van der Waals surface area contributed by atoms with Gasteiger partial charge in [0.2, 0.25) is 15.9 Å². The molecule has 1 aromatic heterocycles. The Morgan fingerprint density at radius 1 is 1.12 bits per heavy atom. The predicted molar refractivity (Wildman–Crippen MR) is 86.4 cm³/mol. The van der Waals surface area contributed by atoms with Crippen LogP contribution < -0.4 is 9.47 Å². The van der Waals surface area contributed by atoms with E-state index in [1.54, 1.807) is 42.6 Å². The third kappa shape index (κ3) is 4.09. The molecule has 1 aliphatic rings. The lowest BCUT2D eigenvalue weighted by Crippen LogP contribution is -2.33. The number of carbonyl (C=O) groups excluding carboxylic acids is 1. The van der Waals surface area contributed by atoms with Crippen molar-refractivity contribution >= 4 is 16.0 Å². The number of sulfonamides is 1. The molecule has 8 heteroatoms. The number of hydrogen-bond acceptors (Lipinski definition) is 6. The van der Waals surface area contributed by atoms with Gasteiger partial charge in [0, 0.05) is 18.8 Å². The minimum atomic E-state index is -3.31. The number of aromatic nitrogens is 1. The topological polar surface area (TPSA) is 85.8 Å². The van der Waals surface area contributed by atoms with Gasteiger partial charge in [-0.25, -0.2) is 13.4 Å². The molecule has 0 amide bonds. The number of rotatable bonds is 5. The van der Waals surface area contributed by atoms with E-state index < -0.39 is 16.0 Å². The molecule has 1 aromatic carbocycles. The summed E-state index contributed by atoms with van der Waals surface area (Å²) in [6.07, 6.45) is 2.16. The van der Waals surface area contributed by atoms with Crippen LogP contribution in [-0.4, -0.2) is 42.5 Å². The predicted octanol–water partition coefficient (Wildman–Crippen LogP) is 1.81. The lowest BCUT2D eigenvalue weighted by atomic mass is 10.3. The fourth-order valence-corrected chi connectivity index (χ4v) is 3.74. The summed E-state index contributed by atoms with van der Waals surface area (Å²) in [5.41, 5.74) is 0. The maximum Gasteiger partial charge on any atom is 0.326 e. The molecule has 1 fully saturated rings. The zero-order chi connectivity index (χ0) is 17.0. The van der Waals surface area contributed by atoms with Crippen LogP contribution in [0, 0.1) is 0 Å². The molecule has 3 rings (SSSR count). The van der Waals surface area contributed by atoms with E-state index in [0.717, 1.165) is 4.31 Å². The lowest BCUT2D eigenvalue weighted by Gasteiger charge is -2.13. The lowest BCUT2D eigenvalue weighted by molar-refractivity contribution is -0.134. The highest BCUT2D eigenvalue weighted by molar-refractivity contribution is 7.89. The van der Waals surface area contributed by atoms with E-state index >= 15 is 0 Å². The number of carbonyl (C=O) groups is 1. The first-order chi connectivity index (χ1) is 11.5. The Hall–Kier alpha value is -2.45. The molecule has 1 aliphatic heterocycles. The summed E-state index contributed by atoms with van der Waals surface area (Å²) >= 11 is 0. The summed E-state index contributed by atoms with van der Waals surface area (Å²) < 4.78 is 35.2. The summed E-state index contributed by atoms with van der Waals surface area (Å²) in [7, 11) is -3.31. The number of nitrogens with zero attached hydrogens (tertiary/aromatic N) is 2. The molecule has 2 heterocycles. The molecular formula is C16H16N2O5S. The van der Waals surface area contributed by atoms with Crippen LogP contribution in [0.1, 0.15) is 6.42 Å². The Balaban J connectivity index is 1.57. The number of pyridine rings is 1. The SMILES string of the molecule is O=C(CN1CCCS1(=O)=O)Oc1ccc(Oc2ccccn2)cc1. The molecule has 0 saturated carbocycles. The zero-order valence-electron chi connectivity index (χ0n) is 12.8. The molecule has 0 aliphatic carbocycles. The fourth-order valence-electron chi connectivity index (χ4n) is 2.28. The summed E-state index contributed by atoms with van der Waals surface area (Å²) in [6, 6.07) is 11.8. The fraction of sp³-hybridized carbons (Fsp3) is 0.250. The van der Waals surface area contributed by atoms with E-state index in [4.69, 9.17) is 9.47 Å².